The maximum absolute atomic E-state index is 11.4. The van der Waals surface area contributed by atoms with Gasteiger partial charge in [0, 0.05) is 17.1 Å². The summed E-state index contributed by atoms with van der Waals surface area (Å²) in [4.78, 5) is 14.5. The highest BCUT2D eigenvalue weighted by Gasteiger charge is 2.31. The molecule has 0 bridgehead atoms. The summed E-state index contributed by atoms with van der Waals surface area (Å²) < 4.78 is 0. The third-order valence-electron chi connectivity index (χ3n) is 3.56. The van der Waals surface area contributed by atoms with Crippen molar-refractivity contribution >= 4 is 16.9 Å². The molecule has 88 valence electrons. The van der Waals surface area contributed by atoms with Gasteiger partial charge in [0.2, 0.25) is 0 Å². The molecule has 1 fully saturated rings. The zero-order valence-corrected chi connectivity index (χ0v) is 9.52. The van der Waals surface area contributed by atoms with Crippen molar-refractivity contribution < 1.29 is 9.90 Å². The molecule has 1 aromatic carbocycles. The summed E-state index contributed by atoms with van der Waals surface area (Å²) in [6, 6.07) is 7.88. The average Bonchev–Trinajstić information content (AvgIpc) is 3.05. The lowest BCUT2D eigenvalue weighted by Crippen LogP contribution is -2.11. The Kier molecular flexibility index (Phi) is 2.39. The van der Waals surface area contributed by atoms with Crippen LogP contribution in [0.5, 0.6) is 0 Å². The molecule has 0 spiro atoms. The van der Waals surface area contributed by atoms with Gasteiger partial charge in [-0.2, -0.15) is 0 Å². The first kappa shape index (κ1) is 10.4. The van der Waals surface area contributed by atoms with E-state index < -0.39 is 5.97 Å². The van der Waals surface area contributed by atoms with Crippen LogP contribution in [0.1, 0.15) is 30.7 Å². The molecule has 3 heteroatoms. The molecule has 0 amide bonds. The number of carbonyl (C=O) groups is 1. The second-order valence-electron chi connectivity index (χ2n) is 4.86. The number of aromatic amines is 1. The van der Waals surface area contributed by atoms with Crippen LogP contribution >= 0.6 is 0 Å². The SMILES string of the molecule is O=C(O)C(CC1CC1)c1c[nH]c2ccccc12. The van der Waals surface area contributed by atoms with Crippen LogP contribution in [0.2, 0.25) is 0 Å². The van der Waals surface area contributed by atoms with Gasteiger partial charge < -0.3 is 10.1 Å². The Morgan fingerprint density at radius 2 is 2.18 bits per heavy atom. The highest BCUT2D eigenvalue weighted by Crippen LogP contribution is 2.40. The van der Waals surface area contributed by atoms with Crippen molar-refractivity contribution in [1.29, 1.82) is 0 Å². The number of fused-ring (bicyclic) bond motifs is 1. The number of hydrogen-bond donors (Lipinski definition) is 2. The average molecular weight is 229 g/mol. The fourth-order valence-corrected chi connectivity index (χ4v) is 2.43. The van der Waals surface area contributed by atoms with E-state index in [-0.39, 0.29) is 5.92 Å². The van der Waals surface area contributed by atoms with Crippen LogP contribution in [0.3, 0.4) is 0 Å². The van der Waals surface area contributed by atoms with E-state index in [1.165, 1.54) is 12.8 Å². The Bertz CT molecular complexity index is 554. The lowest BCUT2D eigenvalue weighted by Gasteiger charge is -2.10. The summed E-state index contributed by atoms with van der Waals surface area (Å²) in [6.07, 6.45) is 5.00. The molecule has 1 saturated carbocycles. The Labute approximate surface area is 99.5 Å². The summed E-state index contributed by atoms with van der Waals surface area (Å²) in [6.45, 7) is 0. The quantitative estimate of drug-likeness (QED) is 0.846. The van der Waals surface area contributed by atoms with Crippen molar-refractivity contribution in [3.8, 4) is 0 Å². The lowest BCUT2D eigenvalue weighted by molar-refractivity contribution is -0.139. The maximum atomic E-state index is 11.4. The topological polar surface area (TPSA) is 53.1 Å². The van der Waals surface area contributed by atoms with E-state index >= 15 is 0 Å². The number of aromatic nitrogens is 1. The van der Waals surface area contributed by atoms with Crippen LogP contribution in [0.25, 0.3) is 10.9 Å². The Morgan fingerprint density at radius 1 is 1.41 bits per heavy atom. The van der Waals surface area contributed by atoms with Crippen LogP contribution in [0, 0.1) is 5.92 Å². The van der Waals surface area contributed by atoms with Gasteiger partial charge in [0.25, 0.3) is 0 Å². The number of benzene rings is 1. The number of rotatable bonds is 4. The van der Waals surface area contributed by atoms with E-state index in [0.29, 0.717) is 5.92 Å². The number of H-pyrrole nitrogens is 1. The van der Waals surface area contributed by atoms with E-state index in [1.54, 1.807) is 0 Å². The molecule has 3 nitrogen and oxygen atoms in total. The zero-order valence-electron chi connectivity index (χ0n) is 9.52. The molecule has 1 aromatic heterocycles. The van der Waals surface area contributed by atoms with Crippen LogP contribution < -0.4 is 0 Å². The molecule has 1 atom stereocenters. The van der Waals surface area contributed by atoms with E-state index in [2.05, 4.69) is 4.98 Å². The van der Waals surface area contributed by atoms with E-state index in [1.807, 2.05) is 30.5 Å². The van der Waals surface area contributed by atoms with Crippen molar-refractivity contribution in [2.24, 2.45) is 5.92 Å². The normalized spacial score (nSPS) is 17.2. The van der Waals surface area contributed by atoms with Gasteiger partial charge in [-0.3, -0.25) is 4.79 Å². The van der Waals surface area contributed by atoms with Gasteiger partial charge in [0.1, 0.15) is 0 Å². The summed E-state index contributed by atoms with van der Waals surface area (Å²) in [7, 11) is 0. The number of hydrogen-bond acceptors (Lipinski definition) is 1. The van der Waals surface area contributed by atoms with Crippen molar-refractivity contribution in [1.82, 2.24) is 4.98 Å². The molecular weight excluding hydrogens is 214 g/mol. The molecule has 2 N–H and O–H groups in total. The first-order valence-corrected chi connectivity index (χ1v) is 6.04. The fraction of sp³-hybridized carbons (Fsp3) is 0.357. The first-order chi connectivity index (χ1) is 8.25. The van der Waals surface area contributed by atoms with Gasteiger partial charge in [-0.15, -0.1) is 0 Å². The Hall–Kier alpha value is -1.77. The molecule has 1 heterocycles. The van der Waals surface area contributed by atoms with Gasteiger partial charge in [0.05, 0.1) is 5.92 Å². The lowest BCUT2D eigenvalue weighted by atomic mass is 9.93. The molecule has 1 aliphatic rings. The maximum Gasteiger partial charge on any atom is 0.311 e. The van der Waals surface area contributed by atoms with Crippen molar-refractivity contribution in [3.05, 3.63) is 36.0 Å². The van der Waals surface area contributed by atoms with E-state index in [9.17, 15) is 9.90 Å². The van der Waals surface area contributed by atoms with Crippen molar-refractivity contribution in [2.45, 2.75) is 25.2 Å². The number of para-hydroxylation sites is 1. The van der Waals surface area contributed by atoms with Gasteiger partial charge in [-0.05, 0) is 24.0 Å². The van der Waals surface area contributed by atoms with Crippen LogP contribution in [-0.4, -0.2) is 16.1 Å². The van der Waals surface area contributed by atoms with Gasteiger partial charge in [0.15, 0.2) is 0 Å². The summed E-state index contributed by atoms with van der Waals surface area (Å²) >= 11 is 0. The number of nitrogens with one attached hydrogen (secondary N) is 1. The van der Waals surface area contributed by atoms with Crippen LogP contribution in [0.4, 0.5) is 0 Å². The summed E-state index contributed by atoms with van der Waals surface area (Å²) in [5.74, 6) is -0.454. The number of carboxylic acids is 1. The Balaban J connectivity index is 2.01. The monoisotopic (exact) mass is 229 g/mol. The highest BCUT2D eigenvalue weighted by molar-refractivity contribution is 5.89. The largest absolute Gasteiger partial charge is 0.481 e. The van der Waals surface area contributed by atoms with Crippen molar-refractivity contribution in [2.75, 3.05) is 0 Å². The van der Waals surface area contributed by atoms with E-state index in [4.69, 9.17) is 0 Å². The second kappa shape index (κ2) is 3.91. The summed E-state index contributed by atoms with van der Waals surface area (Å²) in [5.41, 5.74) is 1.95. The summed E-state index contributed by atoms with van der Waals surface area (Å²) in [5, 5.41) is 10.4. The predicted octanol–water partition coefficient (Wildman–Crippen LogP) is 3.14. The minimum Gasteiger partial charge on any atom is -0.481 e. The number of carboxylic acid groups (broad SMARTS) is 1. The molecule has 0 aliphatic heterocycles. The first-order valence-electron chi connectivity index (χ1n) is 6.04. The highest BCUT2D eigenvalue weighted by atomic mass is 16.4. The predicted molar refractivity (Wildman–Crippen MR) is 66.0 cm³/mol. The molecule has 1 aliphatic carbocycles. The molecule has 0 saturated heterocycles. The minimum atomic E-state index is -0.707. The fourth-order valence-electron chi connectivity index (χ4n) is 2.43. The van der Waals surface area contributed by atoms with Crippen molar-refractivity contribution in [3.63, 3.8) is 0 Å². The molecule has 17 heavy (non-hydrogen) atoms. The minimum absolute atomic E-state index is 0.362. The smallest absolute Gasteiger partial charge is 0.311 e. The van der Waals surface area contributed by atoms with E-state index in [0.717, 1.165) is 22.9 Å². The molecule has 0 radical (unpaired) electrons. The van der Waals surface area contributed by atoms with Gasteiger partial charge in [-0.1, -0.05) is 31.0 Å². The van der Waals surface area contributed by atoms with Gasteiger partial charge >= 0.3 is 5.97 Å². The number of aliphatic carboxylic acids is 1. The molecule has 2 aromatic rings. The third-order valence-corrected chi connectivity index (χ3v) is 3.56. The van der Waals surface area contributed by atoms with Crippen LogP contribution in [-0.2, 0) is 4.79 Å². The zero-order chi connectivity index (χ0) is 11.8. The molecular formula is C14H15NO2. The molecule has 1 unspecified atom stereocenters. The third kappa shape index (κ3) is 1.93. The van der Waals surface area contributed by atoms with Crippen LogP contribution in [0.15, 0.2) is 30.5 Å². The second-order valence-corrected chi connectivity index (χ2v) is 4.86. The van der Waals surface area contributed by atoms with Gasteiger partial charge in [-0.25, -0.2) is 0 Å². The standard InChI is InChI=1S/C14H15NO2/c16-14(17)11(7-9-5-6-9)12-8-15-13-4-2-1-3-10(12)13/h1-4,8-9,11,15H,5-7H2,(H,16,17). The Morgan fingerprint density at radius 3 is 2.88 bits per heavy atom. The molecule has 3 rings (SSSR count).